The molecule has 5 nitrogen and oxygen atoms in total. The number of nitrogens with zero attached hydrogens (tertiary/aromatic N) is 1. The van der Waals surface area contributed by atoms with Crippen LogP contribution in [-0.2, 0) is 4.74 Å². The molecule has 2 rings (SSSR count). The van der Waals surface area contributed by atoms with Gasteiger partial charge in [0.25, 0.3) is 0 Å². The molecule has 0 amide bonds. The minimum atomic E-state index is -0.921. The van der Waals surface area contributed by atoms with E-state index in [4.69, 9.17) is 20.1 Å². The molecule has 2 heterocycles. The van der Waals surface area contributed by atoms with Gasteiger partial charge >= 0.3 is 0 Å². The van der Waals surface area contributed by atoms with E-state index in [0.29, 0.717) is 0 Å². The third-order valence-corrected chi connectivity index (χ3v) is 2.00. The molecule has 15 heavy (non-hydrogen) atoms. The molecule has 5 heteroatoms. The Morgan fingerprint density at radius 2 is 1.87 bits per heavy atom. The van der Waals surface area contributed by atoms with Crippen LogP contribution in [0, 0.1) is 0 Å². The van der Waals surface area contributed by atoms with Crippen molar-refractivity contribution in [1.29, 1.82) is 0 Å². The van der Waals surface area contributed by atoms with Crippen LogP contribution in [0.1, 0.15) is 0 Å². The minimum Gasteiger partial charge on any atom is -0.394 e. The monoisotopic (exact) mass is 213 g/mol. The van der Waals surface area contributed by atoms with E-state index in [1.807, 2.05) is 18.2 Å². The Labute approximate surface area is 88.0 Å². The summed E-state index contributed by atoms with van der Waals surface area (Å²) < 4.78 is 4.78. The fraction of sp³-hybridized carbons (Fsp3) is 0.500. The Bertz CT molecular complexity index is 230. The van der Waals surface area contributed by atoms with Gasteiger partial charge in [0, 0.05) is 12.4 Å². The maximum absolute atomic E-state index is 8.92. The minimum absolute atomic E-state index is 0.117. The number of aromatic nitrogens is 1. The van der Waals surface area contributed by atoms with Gasteiger partial charge in [0.05, 0.1) is 13.2 Å². The second kappa shape index (κ2) is 6.47. The molecule has 1 aromatic heterocycles. The van der Waals surface area contributed by atoms with E-state index in [1.54, 1.807) is 12.4 Å². The third-order valence-electron chi connectivity index (χ3n) is 2.00. The van der Waals surface area contributed by atoms with Crippen molar-refractivity contribution in [3.8, 4) is 0 Å². The van der Waals surface area contributed by atoms with Crippen molar-refractivity contribution in [3.63, 3.8) is 0 Å². The van der Waals surface area contributed by atoms with E-state index in [2.05, 4.69) is 4.98 Å². The smallest absolute Gasteiger partial charge is 0.110 e. The average Bonchev–Trinajstić information content (AvgIpc) is 2.63. The SMILES string of the molecule is OC[C@H]1OC[C@H](O)[C@@H]1O.c1ccncc1. The fourth-order valence-corrected chi connectivity index (χ4v) is 1.14. The largest absolute Gasteiger partial charge is 0.394 e. The normalized spacial score (nSPS) is 29.4. The molecule has 1 aromatic rings. The molecule has 3 N–H and O–H groups in total. The lowest BCUT2D eigenvalue weighted by Gasteiger charge is -2.10. The first kappa shape index (κ1) is 12.1. The molecular formula is C10H15NO4. The van der Waals surface area contributed by atoms with Crippen molar-refractivity contribution in [1.82, 2.24) is 4.98 Å². The number of rotatable bonds is 1. The number of aliphatic hydroxyl groups excluding tert-OH is 3. The van der Waals surface area contributed by atoms with Crippen molar-refractivity contribution in [2.45, 2.75) is 18.3 Å². The predicted molar refractivity (Wildman–Crippen MR) is 53.1 cm³/mol. The predicted octanol–water partition coefficient (Wildman–Crippen LogP) is -0.819. The van der Waals surface area contributed by atoms with E-state index < -0.39 is 18.3 Å². The van der Waals surface area contributed by atoms with Crippen molar-refractivity contribution in [2.24, 2.45) is 0 Å². The lowest BCUT2D eigenvalue weighted by Crippen LogP contribution is -2.31. The van der Waals surface area contributed by atoms with Gasteiger partial charge in [-0.3, -0.25) is 4.98 Å². The summed E-state index contributed by atoms with van der Waals surface area (Å²) in [7, 11) is 0. The first-order valence-electron chi connectivity index (χ1n) is 4.69. The van der Waals surface area contributed by atoms with Crippen molar-refractivity contribution >= 4 is 0 Å². The molecule has 0 unspecified atom stereocenters. The zero-order valence-electron chi connectivity index (χ0n) is 8.23. The topological polar surface area (TPSA) is 82.8 Å². The summed E-state index contributed by atoms with van der Waals surface area (Å²) in [6.07, 6.45) is 1.15. The second-order valence-electron chi connectivity index (χ2n) is 3.14. The highest BCUT2D eigenvalue weighted by Gasteiger charge is 2.33. The molecule has 0 aliphatic carbocycles. The summed E-state index contributed by atoms with van der Waals surface area (Å²) in [6, 6.07) is 5.72. The van der Waals surface area contributed by atoms with Crippen LogP contribution in [0.3, 0.4) is 0 Å². The number of ether oxygens (including phenoxy) is 1. The fourth-order valence-electron chi connectivity index (χ4n) is 1.14. The van der Waals surface area contributed by atoms with Crippen molar-refractivity contribution < 1.29 is 20.1 Å². The molecular weight excluding hydrogens is 198 g/mol. The maximum Gasteiger partial charge on any atom is 0.110 e. The summed E-state index contributed by atoms with van der Waals surface area (Å²) in [4.78, 5) is 3.78. The van der Waals surface area contributed by atoms with Crippen LogP contribution in [-0.4, -0.2) is 51.8 Å². The summed E-state index contributed by atoms with van der Waals surface area (Å²) in [5.41, 5.74) is 0. The summed E-state index contributed by atoms with van der Waals surface area (Å²) in [6.45, 7) is -0.120. The molecule has 84 valence electrons. The van der Waals surface area contributed by atoms with Crippen LogP contribution in [0.15, 0.2) is 30.6 Å². The first-order chi connectivity index (χ1) is 7.25. The van der Waals surface area contributed by atoms with Gasteiger partial charge in [-0.15, -0.1) is 0 Å². The zero-order valence-corrected chi connectivity index (χ0v) is 8.23. The van der Waals surface area contributed by atoms with Gasteiger partial charge in [0.2, 0.25) is 0 Å². The Balaban J connectivity index is 0.000000162. The van der Waals surface area contributed by atoms with Crippen LogP contribution in [0.5, 0.6) is 0 Å². The Kier molecular flexibility index (Phi) is 5.20. The average molecular weight is 213 g/mol. The molecule has 1 aliphatic heterocycles. The van der Waals surface area contributed by atoms with Crippen LogP contribution >= 0.6 is 0 Å². The van der Waals surface area contributed by atoms with E-state index >= 15 is 0 Å². The molecule has 0 bridgehead atoms. The molecule has 0 aromatic carbocycles. The van der Waals surface area contributed by atoms with Crippen LogP contribution in [0.2, 0.25) is 0 Å². The van der Waals surface area contributed by atoms with Crippen molar-refractivity contribution in [3.05, 3.63) is 30.6 Å². The Hall–Kier alpha value is -1.01. The Morgan fingerprint density at radius 3 is 2.07 bits per heavy atom. The number of pyridine rings is 1. The molecule has 1 aliphatic rings. The zero-order chi connectivity index (χ0) is 11.1. The van der Waals surface area contributed by atoms with Gasteiger partial charge in [-0.25, -0.2) is 0 Å². The highest BCUT2D eigenvalue weighted by atomic mass is 16.5. The molecule has 0 spiro atoms. The van der Waals surface area contributed by atoms with E-state index in [-0.39, 0.29) is 13.2 Å². The summed E-state index contributed by atoms with van der Waals surface area (Å²) >= 11 is 0. The Morgan fingerprint density at radius 1 is 1.20 bits per heavy atom. The van der Waals surface area contributed by atoms with E-state index in [0.717, 1.165) is 0 Å². The highest BCUT2D eigenvalue weighted by molar-refractivity contribution is 4.88. The van der Waals surface area contributed by atoms with Crippen molar-refractivity contribution in [2.75, 3.05) is 13.2 Å². The van der Waals surface area contributed by atoms with E-state index in [1.165, 1.54) is 0 Å². The van der Waals surface area contributed by atoms with Gasteiger partial charge in [0.15, 0.2) is 0 Å². The first-order valence-corrected chi connectivity index (χ1v) is 4.69. The highest BCUT2D eigenvalue weighted by Crippen LogP contribution is 2.12. The van der Waals surface area contributed by atoms with Gasteiger partial charge in [-0.05, 0) is 12.1 Å². The maximum atomic E-state index is 8.92. The van der Waals surface area contributed by atoms with Gasteiger partial charge in [0.1, 0.15) is 18.3 Å². The lowest BCUT2D eigenvalue weighted by atomic mass is 10.2. The molecule has 0 saturated carbocycles. The second-order valence-corrected chi connectivity index (χ2v) is 3.14. The van der Waals surface area contributed by atoms with Crippen LogP contribution in [0.25, 0.3) is 0 Å². The van der Waals surface area contributed by atoms with Gasteiger partial charge < -0.3 is 20.1 Å². The lowest BCUT2D eigenvalue weighted by molar-refractivity contribution is -0.00588. The quantitative estimate of drug-likeness (QED) is 0.568. The summed E-state index contributed by atoms with van der Waals surface area (Å²) in [5, 5.41) is 26.2. The third kappa shape index (κ3) is 3.93. The standard InChI is InChI=1S/C5H5N.C5H10O4/c1-2-4-6-5-3-1;6-1-4-5(8)3(7)2-9-4/h1-5H;3-8H,1-2H2/t;3-,4+,5-/m.0/s1. The van der Waals surface area contributed by atoms with Crippen LogP contribution < -0.4 is 0 Å². The van der Waals surface area contributed by atoms with Crippen LogP contribution in [0.4, 0.5) is 0 Å². The number of aliphatic hydroxyl groups is 3. The summed E-state index contributed by atoms with van der Waals surface area (Å²) in [5.74, 6) is 0. The van der Waals surface area contributed by atoms with Gasteiger partial charge in [-0.2, -0.15) is 0 Å². The molecule has 1 fully saturated rings. The molecule has 0 radical (unpaired) electrons. The van der Waals surface area contributed by atoms with Gasteiger partial charge in [-0.1, -0.05) is 6.07 Å². The number of hydrogen-bond acceptors (Lipinski definition) is 5. The molecule has 3 atom stereocenters. The molecule has 1 saturated heterocycles. The van der Waals surface area contributed by atoms with E-state index in [9.17, 15) is 0 Å². The number of hydrogen-bond donors (Lipinski definition) is 3.